The quantitative estimate of drug-likeness (QED) is 0.544. The van der Waals surface area contributed by atoms with Gasteiger partial charge in [-0.25, -0.2) is 9.97 Å². The lowest BCUT2D eigenvalue weighted by molar-refractivity contribution is 0.0457. The number of fused-ring (bicyclic) bond motifs is 1. The van der Waals surface area contributed by atoms with Crippen LogP contribution in [-0.4, -0.2) is 76.2 Å². The van der Waals surface area contributed by atoms with Gasteiger partial charge in [0, 0.05) is 38.8 Å². The van der Waals surface area contributed by atoms with E-state index in [0.717, 1.165) is 84.9 Å². The molecule has 2 aromatic rings. The maximum absolute atomic E-state index is 13.5. The second-order valence-electron chi connectivity index (χ2n) is 10.5. The lowest BCUT2D eigenvalue weighted by Gasteiger charge is -2.42. The Morgan fingerprint density at radius 3 is 2.80 bits per heavy atom. The minimum atomic E-state index is 0.133. The number of hydrogen-bond acceptors (Lipinski definition) is 7. The van der Waals surface area contributed by atoms with Crippen molar-refractivity contribution in [2.45, 2.75) is 70.8 Å². The molecule has 2 N–H and O–H groups in total. The van der Waals surface area contributed by atoms with Gasteiger partial charge in [-0.2, -0.15) is 0 Å². The number of carbonyl (C=O) groups is 1. The van der Waals surface area contributed by atoms with Crippen molar-refractivity contribution in [2.24, 2.45) is 5.92 Å². The number of likely N-dealkylation sites (tertiary alicyclic amines) is 2. The van der Waals surface area contributed by atoms with Gasteiger partial charge in [-0.05, 0) is 82.7 Å². The van der Waals surface area contributed by atoms with Gasteiger partial charge in [-0.3, -0.25) is 9.69 Å². The molecule has 2 fully saturated rings. The molecule has 1 atom stereocenters. The first-order valence-electron chi connectivity index (χ1n) is 13.4. The first-order chi connectivity index (χ1) is 17.1. The largest absolute Gasteiger partial charge is 0.396 e. The maximum Gasteiger partial charge on any atom is 0.264 e. The Morgan fingerprint density at radius 2 is 2.03 bits per heavy atom. The zero-order chi connectivity index (χ0) is 24.2. The van der Waals surface area contributed by atoms with Crippen LogP contribution in [-0.2, 0) is 0 Å². The molecular weight excluding hydrogens is 458 g/mol. The van der Waals surface area contributed by atoms with Gasteiger partial charge in [0.25, 0.3) is 5.91 Å². The summed E-state index contributed by atoms with van der Waals surface area (Å²) < 4.78 is 0. The molecule has 0 spiro atoms. The molecule has 1 unspecified atom stereocenters. The second-order valence-corrected chi connectivity index (χ2v) is 11.5. The molecule has 3 aliphatic rings. The van der Waals surface area contributed by atoms with Crippen LogP contribution in [0.3, 0.4) is 0 Å². The van der Waals surface area contributed by atoms with Crippen LogP contribution < -0.4 is 5.32 Å². The molecule has 5 rings (SSSR count). The van der Waals surface area contributed by atoms with Gasteiger partial charge >= 0.3 is 0 Å². The Morgan fingerprint density at radius 1 is 1.17 bits per heavy atom. The molecule has 8 heteroatoms. The van der Waals surface area contributed by atoms with E-state index in [1.165, 1.54) is 43.4 Å². The molecule has 0 aromatic carbocycles. The van der Waals surface area contributed by atoms with Crippen LogP contribution in [0, 0.1) is 12.8 Å². The first kappa shape index (κ1) is 24.7. The van der Waals surface area contributed by atoms with Crippen LogP contribution in [0.4, 0.5) is 5.82 Å². The summed E-state index contributed by atoms with van der Waals surface area (Å²) in [5, 5.41) is 14.1. The minimum Gasteiger partial charge on any atom is -0.396 e. The van der Waals surface area contributed by atoms with Gasteiger partial charge in [0.2, 0.25) is 0 Å². The van der Waals surface area contributed by atoms with E-state index in [1.54, 1.807) is 11.9 Å². The van der Waals surface area contributed by atoms with Crippen LogP contribution >= 0.6 is 11.3 Å². The topological polar surface area (TPSA) is 81.6 Å². The average Bonchev–Trinajstić information content (AvgIpc) is 3.26. The van der Waals surface area contributed by atoms with Crippen LogP contribution in [0.2, 0.25) is 0 Å². The Balaban J connectivity index is 1.22. The molecule has 2 saturated heterocycles. The number of hydrogen-bond donors (Lipinski definition) is 2. The highest BCUT2D eigenvalue weighted by atomic mass is 32.1. The van der Waals surface area contributed by atoms with Crippen molar-refractivity contribution < 1.29 is 9.90 Å². The number of aliphatic hydroxyl groups excluding tert-OH is 1. The SMILES string of the molecule is Cc1c(C(=O)N2CCC(N3CCCC(CO)C3)CC2)sc2ncnc(NCCC3=CCCCC3)c12. The molecule has 4 heterocycles. The number of aromatic nitrogens is 2. The van der Waals surface area contributed by atoms with Crippen molar-refractivity contribution >= 4 is 33.3 Å². The third-order valence-corrected chi connectivity index (χ3v) is 9.31. The van der Waals surface area contributed by atoms with Crippen LogP contribution in [0.1, 0.15) is 73.0 Å². The molecule has 0 bridgehead atoms. The summed E-state index contributed by atoms with van der Waals surface area (Å²) in [5.74, 6) is 1.39. The molecular formula is C27H39N5O2S. The minimum absolute atomic E-state index is 0.133. The smallest absolute Gasteiger partial charge is 0.264 e. The highest BCUT2D eigenvalue weighted by Crippen LogP contribution is 2.35. The summed E-state index contributed by atoms with van der Waals surface area (Å²) >= 11 is 1.50. The predicted octanol–water partition coefficient (Wildman–Crippen LogP) is 4.61. The van der Waals surface area contributed by atoms with Crippen LogP contribution in [0.25, 0.3) is 10.2 Å². The summed E-state index contributed by atoms with van der Waals surface area (Å²) in [6.07, 6.45) is 14.4. The maximum atomic E-state index is 13.5. The summed E-state index contributed by atoms with van der Waals surface area (Å²) in [4.78, 5) is 28.8. The number of nitrogens with zero attached hydrogens (tertiary/aromatic N) is 4. The van der Waals surface area contributed by atoms with E-state index in [4.69, 9.17) is 0 Å². The van der Waals surface area contributed by atoms with Gasteiger partial charge < -0.3 is 15.3 Å². The van der Waals surface area contributed by atoms with E-state index in [1.807, 2.05) is 11.8 Å². The Labute approximate surface area is 212 Å². The van der Waals surface area contributed by atoms with E-state index >= 15 is 0 Å². The summed E-state index contributed by atoms with van der Waals surface area (Å²) in [5.41, 5.74) is 2.55. The third-order valence-electron chi connectivity index (χ3n) is 8.12. The van der Waals surface area contributed by atoms with Gasteiger partial charge in [-0.15, -0.1) is 11.3 Å². The first-order valence-corrected chi connectivity index (χ1v) is 14.3. The summed E-state index contributed by atoms with van der Waals surface area (Å²) in [6, 6.07) is 0.526. The number of carbonyl (C=O) groups excluding carboxylic acids is 1. The zero-order valence-corrected chi connectivity index (χ0v) is 21.8. The molecule has 35 heavy (non-hydrogen) atoms. The zero-order valence-electron chi connectivity index (χ0n) is 21.0. The fraction of sp³-hybridized carbons (Fsp3) is 0.667. The number of rotatable bonds is 7. The molecule has 0 radical (unpaired) electrons. The van der Waals surface area contributed by atoms with Crippen molar-refractivity contribution in [1.82, 2.24) is 19.8 Å². The normalized spacial score (nSPS) is 22.4. The van der Waals surface area contributed by atoms with Crippen molar-refractivity contribution in [1.29, 1.82) is 0 Å². The molecule has 2 aliphatic heterocycles. The Kier molecular flexibility index (Phi) is 8.00. The third kappa shape index (κ3) is 5.54. The highest BCUT2D eigenvalue weighted by molar-refractivity contribution is 7.20. The number of aryl methyl sites for hydroxylation is 1. The molecule has 0 saturated carbocycles. The number of aliphatic hydroxyl groups is 1. The summed E-state index contributed by atoms with van der Waals surface area (Å²) in [7, 11) is 0. The van der Waals surface area contributed by atoms with Crippen LogP contribution in [0.5, 0.6) is 0 Å². The number of piperidine rings is 2. The molecule has 1 aliphatic carbocycles. The van der Waals surface area contributed by atoms with E-state index < -0.39 is 0 Å². The van der Waals surface area contributed by atoms with Crippen LogP contribution in [0.15, 0.2) is 18.0 Å². The number of amides is 1. The second kappa shape index (κ2) is 11.4. The highest BCUT2D eigenvalue weighted by Gasteiger charge is 2.31. The Bertz CT molecular complexity index is 1060. The summed E-state index contributed by atoms with van der Waals surface area (Å²) in [6.45, 7) is 6.90. The molecule has 190 valence electrons. The number of allylic oxidation sites excluding steroid dienone is 1. The lowest BCUT2D eigenvalue weighted by atomic mass is 9.94. The van der Waals surface area contributed by atoms with Crippen molar-refractivity contribution in [3.05, 3.63) is 28.4 Å². The number of nitrogens with one attached hydrogen (secondary N) is 1. The predicted molar refractivity (Wildman–Crippen MR) is 142 cm³/mol. The lowest BCUT2D eigenvalue weighted by Crippen LogP contribution is -2.50. The monoisotopic (exact) mass is 497 g/mol. The van der Waals surface area contributed by atoms with Crippen molar-refractivity contribution in [3.63, 3.8) is 0 Å². The van der Waals surface area contributed by atoms with E-state index in [2.05, 4.69) is 26.3 Å². The average molecular weight is 498 g/mol. The van der Waals surface area contributed by atoms with Gasteiger partial charge in [0.05, 0.1) is 10.3 Å². The van der Waals surface area contributed by atoms with E-state index in [9.17, 15) is 9.90 Å². The Hall–Kier alpha value is -2.03. The van der Waals surface area contributed by atoms with Gasteiger partial charge in [-0.1, -0.05) is 11.6 Å². The van der Waals surface area contributed by atoms with Crippen molar-refractivity contribution in [3.8, 4) is 0 Å². The molecule has 7 nitrogen and oxygen atoms in total. The van der Waals surface area contributed by atoms with Gasteiger partial charge in [0.1, 0.15) is 17.0 Å². The molecule has 1 amide bonds. The standard InChI is InChI=1S/C27H39N5O2S/c1-19-23-25(28-12-9-20-6-3-2-4-7-20)29-18-30-26(23)35-24(19)27(34)31-14-10-22(11-15-31)32-13-5-8-21(16-32)17-33/h6,18,21-22,33H,2-5,7-17H2,1H3,(H,28,29,30). The number of thiophene rings is 1. The fourth-order valence-electron chi connectivity index (χ4n) is 6.04. The van der Waals surface area contributed by atoms with E-state index in [0.29, 0.717) is 12.0 Å². The molecule has 2 aromatic heterocycles. The number of anilines is 1. The van der Waals surface area contributed by atoms with Gasteiger partial charge in [0.15, 0.2) is 0 Å². The van der Waals surface area contributed by atoms with Crippen molar-refractivity contribution in [2.75, 3.05) is 44.6 Å². The fourth-order valence-corrected chi connectivity index (χ4v) is 7.16. The van der Waals surface area contributed by atoms with E-state index in [-0.39, 0.29) is 12.5 Å².